The number of carboxylic acid groups (broad SMARTS) is 1. The molecule has 0 saturated heterocycles. The maximum Gasteiger partial charge on any atom is 0.307 e. The van der Waals surface area contributed by atoms with Gasteiger partial charge in [0, 0.05) is 0 Å². The van der Waals surface area contributed by atoms with Gasteiger partial charge in [-0.15, -0.1) is 0 Å². The molecule has 2 aromatic rings. The van der Waals surface area contributed by atoms with Crippen LogP contribution in [-0.4, -0.2) is 11.1 Å². The van der Waals surface area contributed by atoms with Gasteiger partial charge >= 0.3 is 5.97 Å². The van der Waals surface area contributed by atoms with E-state index >= 15 is 0 Å². The van der Waals surface area contributed by atoms with Crippen molar-refractivity contribution < 1.29 is 19.0 Å². The summed E-state index contributed by atoms with van der Waals surface area (Å²) in [6, 6.07) is 11.4. The third-order valence-electron chi connectivity index (χ3n) is 2.60. The summed E-state index contributed by atoms with van der Waals surface area (Å²) in [7, 11) is 0. The van der Waals surface area contributed by atoms with Crippen molar-refractivity contribution in [2.45, 2.75) is 13.3 Å². The molecule has 1 N–H and O–H groups in total. The lowest BCUT2D eigenvalue weighted by Crippen LogP contribution is -2.00. The normalized spacial score (nSPS) is 10.2. The molecule has 4 heteroatoms. The Labute approximate surface area is 110 Å². The van der Waals surface area contributed by atoms with Crippen molar-refractivity contribution in [2.75, 3.05) is 0 Å². The molecule has 2 aromatic carbocycles. The minimum Gasteiger partial charge on any atom is -0.481 e. The summed E-state index contributed by atoms with van der Waals surface area (Å²) in [6.07, 6.45) is -0.207. The van der Waals surface area contributed by atoms with Crippen molar-refractivity contribution in [1.82, 2.24) is 0 Å². The van der Waals surface area contributed by atoms with Crippen LogP contribution in [0.25, 0.3) is 0 Å². The first kappa shape index (κ1) is 13.1. The molecule has 0 aromatic heterocycles. The first-order valence-corrected chi connectivity index (χ1v) is 5.79. The fourth-order valence-electron chi connectivity index (χ4n) is 1.64. The number of aryl methyl sites for hydroxylation is 1. The standard InChI is InChI=1S/C15H13FO3/c1-10-2-5-12(6-3-10)19-14-7-4-11(8-13(14)16)9-15(17)18/h2-8H,9H2,1H3,(H,17,18). The Morgan fingerprint density at radius 3 is 2.47 bits per heavy atom. The molecule has 0 atom stereocenters. The molecule has 0 saturated carbocycles. The monoisotopic (exact) mass is 260 g/mol. The van der Waals surface area contributed by atoms with Gasteiger partial charge in [-0.25, -0.2) is 4.39 Å². The van der Waals surface area contributed by atoms with E-state index in [1.165, 1.54) is 12.1 Å². The number of hydrogen-bond acceptors (Lipinski definition) is 2. The van der Waals surface area contributed by atoms with Crippen LogP contribution < -0.4 is 4.74 Å². The van der Waals surface area contributed by atoms with Crippen LogP contribution in [0.4, 0.5) is 4.39 Å². The Hall–Kier alpha value is -2.36. The van der Waals surface area contributed by atoms with Gasteiger partial charge in [0.2, 0.25) is 0 Å². The van der Waals surface area contributed by atoms with Crippen LogP contribution in [0.15, 0.2) is 42.5 Å². The lowest BCUT2D eigenvalue weighted by Gasteiger charge is -2.08. The Morgan fingerprint density at radius 1 is 1.21 bits per heavy atom. The van der Waals surface area contributed by atoms with Crippen LogP contribution in [0.3, 0.4) is 0 Å². The second kappa shape index (κ2) is 5.52. The molecule has 0 aliphatic carbocycles. The molecule has 98 valence electrons. The zero-order chi connectivity index (χ0) is 13.8. The number of carboxylic acids is 1. The van der Waals surface area contributed by atoms with Crippen molar-refractivity contribution in [2.24, 2.45) is 0 Å². The fraction of sp³-hybridized carbons (Fsp3) is 0.133. The summed E-state index contributed by atoms with van der Waals surface area (Å²) in [5, 5.41) is 8.63. The van der Waals surface area contributed by atoms with Crippen LogP contribution in [0.2, 0.25) is 0 Å². The first-order chi connectivity index (χ1) is 9.04. The molecule has 0 fully saturated rings. The van der Waals surface area contributed by atoms with Crippen molar-refractivity contribution in [1.29, 1.82) is 0 Å². The van der Waals surface area contributed by atoms with Gasteiger partial charge in [0.1, 0.15) is 5.75 Å². The van der Waals surface area contributed by atoms with Gasteiger partial charge < -0.3 is 9.84 Å². The molecular weight excluding hydrogens is 247 g/mol. The molecule has 0 spiro atoms. The smallest absolute Gasteiger partial charge is 0.307 e. The van der Waals surface area contributed by atoms with Gasteiger partial charge in [-0.3, -0.25) is 4.79 Å². The quantitative estimate of drug-likeness (QED) is 0.914. The fourth-order valence-corrected chi connectivity index (χ4v) is 1.64. The van der Waals surface area contributed by atoms with E-state index in [1.54, 1.807) is 18.2 Å². The van der Waals surface area contributed by atoms with E-state index in [9.17, 15) is 9.18 Å². The number of hydrogen-bond donors (Lipinski definition) is 1. The largest absolute Gasteiger partial charge is 0.481 e. The summed E-state index contributed by atoms with van der Waals surface area (Å²) >= 11 is 0. The van der Waals surface area contributed by atoms with Crippen LogP contribution >= 0.6 is 0 Å². The minimum absolute atomic E-state index is 0.0815. The summed E-state index contributed by atoms with van der Waals surface area (Å²) < 4.78 is 19.1. The average molecular weight is 260 g/mol. The van der Waals surface area contributed by atoms with Crippen LogP contribution in [-0.2, 0) is 11.2 Å². The summed E-state index contributed by atoms with van der Waals surface area (Å²) in [5.41, 5.74) is 1.49. The highest BCUT2D eigenvalue weighted by Gasteiger charge is 2.08. The number of rotatable bonds is 4. The lowest BCUT2D eigenvalue weighted by atomic mass is 10.1. The average Bonchev–Trinajstić information content (AvgIpc) is 2.34. The van der Waals surface area contributed by atoms with Gasteiger partial charge in [-0.1, -0.05) is 23.8 Å². The highest BCUT2D eigenvalue weighted by molar-refractivity contribution is 5.70. The second-order valence-electron chi connectivity index (χ2n) is 4.25. The number of carbonyl (C=O) groups is 1. The topological polar surface area (TPSA) is 46.5 Å². The molecule has 0 heterocycles. The van der Waals surface area contributed by atoms with Crippen molar-refractivity contribution in [3.8, 4) is 11.5 Å². The summed E-state index contributed by atoms with van der Waals surface area (Å²) in [6.45, 7) is 1.95. The number of halogens is 1. The molecule has 0 aliphatic heterocycles. The second-order valence-corrected chi connectivity index (χ2v) is 4.25. The summed E-state index contributed by atoms with van der Waals surface area (Å²) in [5.74, 6) is -0.945. The van der Waals surface area contributed by atoms with E-state index in [0.717, 1.165) is 5.56 Å². The van der Waals surface area contributed by atoms with E-state index in [2.05, 4.69) is 0 Å². The predicted octanol–water partition coefficient (Wildman–Crippen LogP) is 3.55. The van der Waals surface area contributed by atoms with Gasteiger partial charge in [-0.2, -0.15) is 0 Å². The lowest BCUT2D eigenvalue weighted by molar-refractivity contribution is -0.136. The minimum atomic E-state index is -0.994. The maximum atomic E-state index is 13.7. The summed E-state index contributed by atoms with van der Waals surface area (Å²) in [4.78, 5) is 10.5. The maximum absolute atomic E-state index is 13.7. The van der Waals surface area contributed by atoms with Gasteiger partial charge in [-0.05, 0) is 36.8 Å². The molecule has 0 radical (unpaired) electrons. The zero-order valence-electron chi connectivity index (χ0n) is 10.4. The van der Waals surface area contributed by atoms with Crippen LogP contribution in [0, 0.1) is 12.7 Å². The highest BCUT2D eigenvalue weighted by atomic mass is 19.1. The van der Waals surface area contributed by atoms with E-state index in [0.29, 0.717) is 11.3 Å². The van der Waals surface area contributed by atoms with E-state index < -0.39 is 11.8 Å². The number of ether oxygens (including phenoxy) is 1. The van der Waals surface area contributed by atoms with Crippen molar-refractivity contribution >= 4 is 5.97 Å². The van der Waals surface area contributed by atoms with Gasteiger partial charge in [0.05, 0.1) is 6.42 Å². The third-order valence-corrected chi connectivity index (χ3v) is 2.60. The van der Waals surface area contributed by atoms with Crippen molar-refractivity contribution in [3.63, 3.8) is 0 Å². The molecule has 3 nitrogen and oxygen atoms in total. The third kappa shape index (κ3) is 3.55. The van der Waals surface area contributed by atoms with Crippen LogP contribution in [0.5, 0.6) is 11.5 Å². The molecule has 0 bridgehead atoms. The molecular formula is C15H13FO3. The number of benzene rings is 2. The zero-order valence-corrected chi connectivity index (χ0v) is 10.4. The molecule has 2 rings (SSSR count). The van der Waals surface area contributed by atoms with Crippen LogP contribution in [0.1, 0.15) is 11.1 Å². The van der Waals surface area contributed by atoms with E-state index in [4.69, 9.17) is 9.84 Å². The Morgan fingerprint density at radius 2 is 1.89 bits per heavy atom. The Bertz CT molecular complexity index is 591. The molecule has 19 heavy (non-hydrogen) atoms. The molecule has 0 aliphatic rings. The van der Waals surface area contributed by atoms with Gasteiger partial charge in [0.15, 0.2) is 11.6 Å². The van der Waals surface area contributed by atoms with E-state index in [-0.39, 0.29) is 12.2 Å². The van der Waals surface area contributed by atoms with E-state index in [1.807, 2.05) is 19.1 Å². The van der Waals surface area contributed by atoms with Crippen molar-refractivity contribution in [3.05, 3.63) is 59.4 Å². The molecule has 0 amide bonds. The molecule has 0 unspecified atom stereocenters. The Balaban J connectivity index is 2.17. The predicted molar refractivity (Wildman–Crippen MR) is 69.0 cm³/mol. The Kier molecular flexibility index (Phi) is 3.80. The highest BCUT2D eigenvalue weighted by Crippen LogP contribution is 2.25. The SMILES string of the molecule is Cc1ccc(Oc2ccc(CC(=O)O)cc2F)cc1. The van der Waals surface area contributed by atoms with Gasteiger partial charge in [0.25, 0.3) is 0 Å². The first-order valence-electron chi connectivity index (χ1n) is 5.79. The number of aliphatic carboxylic acids is 1.